The number of ether oxygens (including phenoxy) is 4. The Hall–Kier alpha value is -2.45. The molecule has 2 rings (SSSR count). The molecule has 2 aromatic rings. The first-order valence-corrected chi connectivity index (χ1v) is 11.9. The number of hydrogen-bond acceptors (Lipinski definition) is 7. The SMILES string of the molecule is CC(C)c1cccc(C(C)C)c1N=Cc1ccc(OCCOCCO)c(OCCOCCO)c1. The molecule has 0 heterocycles. The quantitative estimate of drug-likeness (QED) is 0.276. The van der Waals surface area contributed by atoms with Crippen molar-refractivity contribution in [1.29, 1.82) is 0 Å². The van der Waals surface area contributed by atoms with Gasteiger partial charge in [-0.15, -0.1) is 0 Å². The lowest BCUT2D eigenvalue weighted by molar-refractivity contribution is 0.0645. The Balaban J connectivity index is 2.23. The highest BCUT2D eigenvalue weighted by Crippen LogP contribution is 2.35. The zero-order chi connectivity index (χ0) is 24.8. The van der Waals surface area contributed by atoms with Crippen LogP contribution in [0.25, 0.3) is 0 Å². The van der Waals surface area contributed by atoms with Gasteiger partial charge in [-0.25, -0.2) is 0 Å². The molecule has 34 heavy (non-hydrogen) atoms. The van der Waals surface area contributed by atoms with E-state index >= 15 is 0 Å². The third-order valence-electron chi connectivity index (χ3n) is 5.09. The fraction of sp³-hybridized carbons (Fsp3) is 0.519. The van der Waals surface area contributed by atoms with E-state index in [2.05, 4.69) is 45.9 Å². The second-order valence-corrected chi connectivity index (χ2v) is 8.43. The van der Waals surface area contributed by atoms with Crippen molar-refractivity contribution < 1.29 is 29.2 Å². The standard InChI is InChI=1S/C27H39NO6/c1-20(2)23-6-5-7-24(21(3)4)27(23)28-19-22-8-9-25(33-16-14-31-12-10-29)26(18-22)34-17-15-32-13-11-30/h5-9,18-21,29-30H,10-17H2,1-4H3. The predicted octanol–water partition coefficient (Wildman–Crippen LogP) is 4.46. The molecule has 7 heteroatoms. The largest absolute Gasteiger partial charge is 0.487 e. The Bertz CT molecular complexity index is 855. The molecule has 0 radical (unpaired) electrons. The molecule has 0 amide bonds. The van der Waals surface area contributed by atoms with Gasteiger partial charge in [0.2, 0.25) is 0 Å². The predicted molar refractivity (Wildman–Crippen MR) is 135 cm³/mol. The molecule has 0 saturated heterocycles. The van der Waals surface area contributed by atoms with Gasteiger partial charge in [-0.05, 0) is 46.7 Å². The van der Waals surface area contributed by atoms with Crippen LogP contribution in [-0.2, 0) is 9.47 Å². The van der Waals surface area contributed by atoms with Gasteiger partial charge >= 0.3 is 0 Å². The van der Waals surface area contributed by atoms with Crippen molar-refractivity contribution in [2.75, 3.05) is 52.9 Å². The van der Waals surface area contributed by atoms with Gasteiger partial charge in [0, 0.05) is 6.21 Å². The molecule has 0 spiro atoms. The Morgan fingerprint density at radius 1 is 0.735 bits per heavy atom. The number of aliphatic imine (C=N–C) groups is 1. The Morgan fingerprint density at radius 3 is 1.82 bits per heavy atom. The van der Waals surface area contributed by atoms with E-state index in [0.717, 1.165) is 11.3 Å². The molecule has 2 aromatic carbocycles. The van der Waals surface area contributed by atoms with E-state index in [0.29, 0.717) is 49.8 Å². The molecule has 0 atom stereocenters. The second kappa shape index (κ2) is 15.5. The zero-order valence-corrected chi connectivity index (χ0v) is 20.8. The lowest BCUT2D eigenvalue weighted by Gasteiger charge is -2.16. The molecule has 0 aliphatic carbocycles. The molecule has 0 bridgehead atoms. The highest BCUT2D eigenvalue weighted by atomic mass is 16.6. The number of benzene rings is 2. The molecule has 7 nitrogen and oxygen atoms in total. The topological polar surface area (TPSA) is 89.7 Å². The van der Waals surface area contributed by atoms with Crippen LogP contribution in [0, 0.1) is 0 Å². The monoisotopic (exact) mass is 473 g/mol. The van der Waals surface area contributed by atoms with Gasteiger partial charge in [0.05, 0.1) is 45.3 Å². The van der Waals surface area contributed by atoms with Gasteiger partial charge in [-0.2, -0.15) is 0 Å². The molecular formula is C27H39NO6. The molecule has 0 unspecified atom stereocenters. The maximum Gasteiger partial charge on any atom is 0.161 e. The molecule has 0 aromatic heterocycles. The van der Waals surface area contributed by atoms with Gasteiger partial charge in [0.25, 0.3) is 0 Å². The van der Waals surface area contributed by atoms with Crippen LogP contribution in [-0.4, -0.2) is 69.3 Å². The number of nitrogens with zero attached hydrogens (tertiary/aromatic N) is 1. The van der Waals surface area contributed by atoms with Crippen LogP contribution in [0.3, 0.4) is 0 Å². The van der Waals surface area contributed by atoms with Crippen molar-refractivity contribution in [3.05, 3.63) is 53.1 Å². The highest BCUT2D eigenvalue weighted by molar-refractivity contribution is 5.84. The second-order valence-electron chi connectivity index (χ2n) is 8.43. The number of hydrogen-bond donors (Lipinski definition) is 2. The van der Waals surface area contributed by atoms with Crippen LogP contribution in [0.15, 0.2) is 41.4 Å². The van der Waals surface area contributed by atoms with E-state index in [1.165, 1.54) is 11.1 Å². The zero-order valence-electron chi connectivity index (χ0n) is 20.8. The minimum absolute atomic E-state index is 0.0192. The Morgan fingerprint density at radius 2 is 1.29 bits per heavy atom. The highest BCUT2D eigenvalue weighted by Gasteiger charge is 2.13. The third kappa shape index (κ3) is 9.06. The van der Waals surface area contributed by atoms with Gasteiger partial charge in [-0.1, -0.05) is 45.9 Å². The van der Waals surface area contributed by atoms with Crippen molar-refractivity contribution in [2.24, 2.45) is 4.99 Å². The summed E-state index contributed by atoms with van der Waals surface area (Å²) in [5, 5.41) is 17.7. The van der Waals surface area contributed by atoms with Crippen molar-refractivity contribution in [1.82, 2.24) is 0 Å². The number of aliphatic hydroxyl groups excluding tert-OH is 2. The van der Waals surface area contributed by atoms with Gasteiger partial charge < -0.3 is 29.2 Å². The number of para-hydroxylation sites is 1. The molecular weight excluding hydrogens is 434 g/mol. The molecule has 2 N–H and O–H groups in total. The van der Waals surface area contributed by atoms with Crippen molar-refractivity contribution in [2.45, 2.75) is 39.5 Å². The summed E-state index contributed by atoms with van der Waals surface area (Å²) in [6.45, 7) is 10.6. The summed E-state index contributed by atoms with van der Waals surface area (Å²) in [7, 11) is 0. The minimum atomic E-state index is -0.0234. The molecule has 188 valence electrons. The number of aliphatic hydroxyl groups is 2. The van der Waals surface area contributed by atoms with E-state index in [4.69, 9.17) is 34.2 Å². The summed E-state index contributed by atoms with van der Waals surface area (Å²) in [5.41, 5.74) is 4.36. The van der Waals surface area contributed by atoms with E-state index in [1.807, 2.05) is 24.4 Å². The van der Waals surface area contributed by atoms with Crippen LogP contribution < -0.4 is 9.47 Å². The van der Waals surface area contributed by atoms with Gasteiger partial charge in [0.1, 0.15) is 13.2 Å². The van der Waals surface area contributed by atoms with Crippen molar-refractivity contribution >= 4 is 11.9 Å². The van der Waals surface area contributed by atoms with Crippen LogP contribution in [0.5, 0.6) is 11.5 Å². The molecule has 0 saturated carbocycles. The van der Waals surface area contributed by atoms with E-state index < -0.39 is 0 Å². The van der Waals surface area contributed by atoms with Gasteiger partial charge in [0.15, 0.2) is 11.5 Å². The fourth-order valence-electron chi connectivity index (χ4n) is 3.39. The van der Waals surface area contributed by atoms with E-state index in [-0.39, 0.29) is 26.4 Å². The maximum absolute atomic E-state index is 8.85. The molecule has 0 aliphatic rings. The fourth-order valence-corrected chi connectivity index (χ4v) is 3.39. The minimum Gasteiger partial charge on any atom is -0.487 e. The average molecular weight is 474 g/mol. The Labute approximate surface area is 203 Å². The van der Waals surface area contributed by atoms with Crippen LogP contribution in [0.4, 0.5) is 5.69 Å². The van der Waals surface area contributed by atoms with Crippen LogP contribution in [0.2, 0.25) is 0 Å². The first-order chi connectivity index (χ1) is 16.5. The average Bonchev–Trinajstić information content (AvgIpc) is 2.82. The smallest absolute Gasteiger partial charge is 0.161 e. The summed E-state index contributed by atoms with van der Waals surface area (Å²) < 4.78 is 22.3. The van der Waals surface area contributed by atoms with E-state index in [9.17, 15) is 0 Å². The van der Waals surface area contributed by atoms with Crippen molar-refractivity contribution in [3.8, 4) is 11.5 Å². The lowest BCUT2D eigenvalue weighted by Crippen LogP contribution is -2.12. The molecule has 0 fully saturated rings. The van der Waals surface area contributed by atoms with Crippen LogP contribution in [0.1, 0.15) is 56.2 Å². The lowest BCUT2D eigenvalue weighted by atomic mass is 9.93. The first-order valence-electron chi connectivity index (χ1n) is 11.9. The maximum atomic E-state index is 8.85. The number of rotatable bonds is 16. The summed E-state index contributed by atoms with van der Waals surface area (Å²) in [6, 6.07) is 12.1. The summed E-state index contributed by atoms with van der Waals surface area (Å²) in [4.78, 5) is 4.89. The van der Waals surface area contributed by atoms with E-state index in [1.54, 1.807) is 0 Å². The summed E-state index contributed by atoms with van der Waals surface area (Å²) in [6.07, 6.45) is 1.86. The Kier molecular flexibility index (Phi) is 12.6. The summed E-state index contributed by atoms with van der Waals surface area (Å²) in [5.74, 6) is 1.91. The normalized spacial score (nSPS) is 11.6. The summed E-state index contributed by atoms with van der Waals surface area (Å²) >= 11 is 0. The molecule has 0 aliphatic heterocycles. The third-order valence-corrected chi connectivity index (χ3v) is 5.09. The van der Waals surface area contributed by atoms with Gasteiger partial charge in [-0.3, -0.25) is 4.99 Å². The van der Waals surface area contributed by atoms with Crippen molar-refractivity contribution in [3.63, 3.8) is 0 Å². The van der Waals surface area contributed by atoms with Crippen LogP contribution >= 0.6 is 0 Å². The first kappa shape index (κ1) is 27.8.